The Bertz CT molecular complexity index is 1710. The van der Waals surface area contributed by atoms with E-state index >= 15 is 0 Å². The van der Waals surface area contributed by atoms with Crippen molar-refractivity contribution >= 4 is 62.3 Å². The van der Waals surface area contributed by atoms with E-state index in [0.29, 0.717) is 41.2 Å². The number of carbonyl (C=O) groups is 3. The molecular formula is C32H35Cl2N3O7S2. The van der Waals surface area contributed by atoms with Gasteiger partial charge in [-0.25, -0.2) is 18.6 Å². The summed E-state index contributed by atoms with van der Waals surface area (Å²) in [5, 5.41) is 2.49. The maximum Gasteiger partial charge on any atom is 0.310 e. The van der Waals surface area contributed by atoms with Crippen LogP contribution in [0.4, 0.5) is 0 Å². The Morgan fingerprint density at radius 1 is 1.07 bits per heavy atom. The molecule has 1 aromatic heterocycles. The fourth-order valence-corrected chi connectivity index (χ4v) is 8.49. The molecule has 246 valence electrons. The fourth-order valence-electron chi connectivity index (χ4n) is 6.34. The van der Waals surface area contributed by atoms with E-state index in [1.807, 2.05) is 11.4 Å². The number of thiophene rings is 1. The van der Waals surface area contributed by atoms with Crippen LogP contribution in [0.3, 0.4) is 0 Å². The summed E-state index contributed by atoms with van der Waals surface area (Å²) in [6.45, 7) is 2.10. The quantitative estimate of drug-likeness (QED) is 0.197. The third kappa shape index (κ3) is 7.92. The number of rotatable bonds is 11. The number of nitrogens with one attached hydrogen (secondary N) is 2. The van der Waals surface area contributed by atoms with Crippen molar-refractivity contribution in [1.82, 2.24) is 15.1 Å². The molecule has 1 aliphatic carbocycles. The predicted octanol–water partition coefficient (Wildman–Crippen LogP) is 5.55. The van der Waals surface area contributed by atoms with Crippen molar-refractivity contribution in [3.05, 3.63) is 91.1 Å². The molecule has 2 amide bonds. The molecule has 1 aliphatic heterocycles. The van der Waals surface area contributed by atoms with Crippen molar-refractivity contribution in [1.29, 1.82) is 0 Å². The van der Waals surface area contributed by atoms with Gasteiger partial charge in [-0.15, -0.1) is 11.3 Å². The van der Waals surface area contributed by atoms with Gasteiger partial charge >= 0.3 is 5.97 Å². The van der Waals surface area contributed by atoms with Crippen molar-refractivity contribution in [3.8, 4) is 0 Å². The number of nitrogens with zero attached hydrogens (tertiary/aromatic N) is 1. The summed E-state index contributed by atoms with van der Waals surface area (Å²) in [7, 11) is -3.60. The Morgan fingerprint density at radius 2 is 1.83 bits per heavy atom. The molecule has 0 radical (unpaired) electrons. The minimum Gasteiger partial charge on any atom is -0.466 e. The highest BCUT2D eigenvalue weighted by atomic mass is 35.5. The maximum atomic E-state index is 14.4. The monoisotopic (exact) mass is 707 g/mol. The van der Waals surface area contributed by atoms with E-state index in [9.17, 15) is 22.8 Å². The van der Waals surface area contributed by atoms with Gasteiger partial charge < -0.3 is 9.64 Å². The lowest BCUT2D eigenvalue weighted by molar-refractivity contribution is -0.142. The number of fused-ring (bicyclic) bond motifs is 1. The van der Waals surface area contributed by atoms with Crippen LogP contribution in [0.5, 0.6) is 0 Å². The molecule has 2 aromatic carbocycles. The van der Waals surface area contributed by atoms with Crippen molar-refractivity contribution in [2.75, 3.05) is 12.9 Å². The van der Waals surface area contributed by atoms with Crippen molar-refractivity contribution in [2.24, 2.45) is 0 Å². The van der Waals surface area contributed by atoms with Crippen molar-refractivity contribution in [3.63, 3.8) is 0 Å². The normalized spacial score (nSPS) is 21.5. The molecule has 2 N–H and O–H groups in total. The van der Waals surface area contributed by atoms with Crippen LogP contribution in [0.2, 0.25) is 10.0 Å². The van der Waals surface area contributed by atoms with Gasteiger partial charge in [0.1, 0.15) is 6.61 Å². The molecule has 0 bridgehead atoms. The number of amides is 2. The molecule has 5 rings (SSSR count). The summed E-state index contributed by atoms with van der Waals surface area (Å²) in [4.78, 5) is 48.5. The van der Waals surface area contributed by atoms with Gasteiger partial charge in [-0.1, -0.05) is 60.3 Å². The van der Waals surface area contributed by atoms with Crippen LogP contribution < -0.4 is 10.2 Å². The molecular weight excluding hydrogens is 673 g/mol. The highest BCUT2D eigenvalue weighted by Gasteiger charge is 2.49. The molecule has 2 aliphatic rings. The summed E-state index contributed by atoms with van der Waals surface area (Å²) in [6, 6.07) is 11.6. The van der Waals surface area contributed by atoms with Gasteiger partial charge in [0.15, 0.2) is 0 Å². The number of ether oxygens (including phenoxy) is 1. The fraction of sp³-hybridized carbons (Fsp3) is 0.406. The number of hydroxylamine groups is 1. The minimum absolute atomic E-state index is 0.0472. The van der Waals surface area contributed by atoms with E-state index in [1.54, 1.807) is 54.3 Å². The van der Waals surface area contributed by atoms with Crippen molar-refractivity contribution < 1.29 is 32.4 Å². The van der Waals surface area contributed by atoms with Crippen LogP contribution in [-0.4, -0.2) is 56.0 Å². The molecule has 0 saturated heterocycles. The van der Waals surface area contributed by atoms with Gasteiger partial charge in [-0.3, -0.25) is 19.2 Å². The summed E-state index contributed by atoms with van der Waals surface area (Å²) < 4.78 is 32.5. The Kier molecular flexibility index (Phi) is 11.1. The highest BCUT2D eigenvalue weighted by Crippen LogP contribution is 2.47. The number of benzene rings is 2. The van der Waals surface area contributed by atoms with E-state index in [4.69, 9.17) is 32.8 Å². The zero-order valence-electron chi connectivity index (χ0n) is 25.3. The number of carbonyl (C=O) groups excluding carboxylic acids is 3. The van der Waals surface area contributed by atoms with E-state index in [1.165, 1.54) is 11.3 Å². The summed E-state index contributed by atoms with van der Waals surface area (Å²) in [5.41, 5.74) is 4.71. The lowest BCUT2D eigenvalue weighted by Crippen LogP contribution is -2.59. The van der Waals surface area contributed by atoms with Crippen molar-refractivity contribution in [2.45, 2.75) is 69.7 Å². The van der Waals surface area contributed by atoms with Crippen LogP contribution in [0.25, 0.3) is 0 Å². The van der Waals surface area contributed by atoms with E-state index in [-0.39, 0.29) is 29.9 Å². The molecule has 0 unspecified atom stereocenters. The second-order valence-corrected chi connectivity index (χ2v) is 15.0. The third-order valence-electron chi connectivity index (χ3n) is 8.14. The summed E-state index contributed by atoms with van der Waals surface area (Å²) >= 11 is 14.4. The average molecular weight is 709 g/mol. The van der Waals surface area contributed by atoms with Crippen LogP contribution in [0.1, 0.15) is 76.5 Å². The first-order valence-electron chi connectivity index (χ1n) is 14.9. The maximum absolute atomic E-state index is 14.4. The molecule has 1 saturated carbocycles. The number of esters is 1. The molecule has 4 atom stereocenters. The molecule has 3 aromatic rings. The lowest BCUT2D eigenvalue weighted by atomic mass is 9.76. The Balaban J connectivity index is 1.49. The minimum atomic E-state index is -3.60. The second-order valence-electron chi connectivity index (χ2n) is 11.4. The zero-order chi connectivity index (χ0) is 33.0. The van der Waals surface area contributed by atoms with Crippen LogP contribution in [0.15, 0.2) is 53.9 Å². The molecule has 0 spiro atoms. The van der Waals surface area contributed by atoms with Gasteiger partial charge in [0.25, 0.3) is 11.8 Å². The Morgan fingerprint density at radius 3 is 2.57 bits per heavy atom. The number of halogens is 2. The van der Waals surface area contributed by atoms with Gasteiger partial charge in [-0.2, -0.15) is 0 Å². The number of hydrogen-bond acceptors (Lipinski definition) is 8. The first-order chi connectivity index (χ1) is 22.0. The summed E-state index contributed by atoms with van der Waals surface area (Å²) in [5.74, 6) is -2.12. The third-order valence-corrected chi connectivity index (χ3v) is 10.4. The van der Waals surface area contributed by atoms with Crippen LogP contribution >= 0.6 is 34.5 Å². The van der Waals surface area contributed by atoms with Gasteiger partial charge in [0.2, 0.25) is 10.0 Å². The number of hydrogen-bond donors (Lipinski definition) is 2. The van der Waals surface area contributed by atoms with E-state index < -0.39 is 40.0 Å². The first kappa shape index (κ1) is 34.3. The number of sulfonamides is 1. The van der Waals surface area contributed by atoms with Gasteiger partial charge in [0.05, 0.1) is 31.2 Å². The molecule has 10 nitrogen and oxygen atoms in total. The average Bonchev–Trinajstić information content (AvgIpc) is 3.44. The van der Waals surface area contributed by atoms with Crippen LogP contribution in [-0.2, 0) is 42.2 Å². The topological polar surface area (TPSA) is 131 Å². The Labute approximate surface area is 282 Å². The molecule has 1 fully saturated rings. The lowest BCUT2D eigenvalue weighted by Gasteiger charge is -2.49. The standard InChI is InChI=1S/C32H35Cl2N3O7S2/c1-3-43-28(38)15-19-14-21(45-18-19)17-44-35-31(39)29-22-8-4-5-9-23(22)32(40)37(30(29)24-13-12-20(33)16-25(24)34)27-11-7-6-10-26(27)36-46(2,41)42/h4-5,8-9,12-14,16,18,26-27,29-30,36H,3,6-7,10-11,15,17H2,1-2H3,(H,35,39)/t26-,27-,29+,30-/m0/s1. The van der Waals surface area contributed by atoms with E-state index in [2.05, 4.69) is 10.2 Å². The Hall–Kier alpha value is -3.00. The predicted molar refractivity (Wildman–Crippen MR) is 176 cm³/mol. The van der Waals surface area contributed by atoms with Gasteiger partial charge in [-0.05, 0) is 66.1 Å². The summed E-state index contributed by atoms with van der Waals surface area (Å²) in [6.07, 6.45) is 3.86. The highest BCUT2D eigenvalue weighted by molar-refractivity contribution is 7.88. The first-order valence-corrected chi connectivity index (χ1v) is 18.5. The smallest absolute Gasteiger partial charge is 0.310 e. The SMILES string of the molecule is CCOC(=O)Cc1csc(CONC(=O)[C@@H]2c3ccccc3C(=O)N([C@H]3CCCC[C@@H]3NS(C)(=O)=O)[C@H]2c2ccc(Cl)cc2Cl)c1. The van der Waals surface area contributed by atoms with Gasteiger partial charge in [0, 0.05) is 32.6 Å². The largest absolute Gasteiger partial charge is 0.466 e. The molecule has 14 heteroatoms. The molecule has 46 heavy (non-hydrogen) atoms. The molecule has 2 heterocycles. The second kappa shape index (κ2) is 14.8. The van der Waals surface area contributed by atoms with Crippen LogP contribution in [0, 0.1) is 0 Å². The zero-order valence-corrected chi connectivity index (χ0v) is 28.5. The van der Waals surface area contributed by atoms with E-state index in [0.717, 1.165) is 29.5 Å².